The van der Waals surface area contributed by atoms with Crippen molar-refractivity contribution >= 4 is 10.8 Å². The number of benzene rings is 3. The first-order chi connectivity index (χ1) is 14.2. The quantitative estimate of drug-likeness (QED) is 0.355. The average Bonchev–Trinajstić information content (AvgIpc) is 2.70. The first kappa shape index (κ1) is 22.4. The lowest BCUT2D eigenvalue weighted by molar-refractivity contribution is -0.0755. The molecule has 0 heterocycles. The lowest BCUT2D eigenvalue weighted by Gasteiger charge is -2.32. The molecule has 2 atom stereocenters. The predicted molar refractivity (Wildman–Crippen MR) is 127 cm³/mol. The van der Waals surface area contributed by atoms with Crippen LogP contribution in [0.3, 0.4) is 0 Å². The molecule has 30 heavy (non-hydrogen) atoms. The Bertz CT molecular complexity index is 930. The molecular weight excluding hydrogens is 368 g/mol. The maximum absolute atomic E-state index is 6.03. The number of ether oxygens (including phenoxy) is 2. The fourth-order valence-corrected chi connectivity index (χ4v) is 4.09. The fraction of sp³-hybridized carbons (Fsp3) is 0.429. The molecule has 0 saturated carbocycles. The van der Waals surface area contributed by atoms with Gasteiger partial charge in [-0.2, -0.15) is 0 Å². The van der Waals surface area contributed by atoms with Crippen LogP contribution in [0.5, 0.6) is 5.75 Å². The number of hydrogen-bond donors (Lipinski definition) is 0. The third kappa shape index (κ3) is 5.86. The Balaban J connectivity index is 1.62. The van der Waals surface area contributed by atoms with Crippen molar-refractivity contribution in [2.75, 3.05) is 0 Å². The van der Waals surface area contributed by atoms with E-state index in [2.05, 4.69) is 101 Å². The maximum Gasteiger partial charge on any atom is 0.197 e. The molecular formula is C28H36O2. The van der Waals surface area contributed by atoms with Gasteiger partial charge in [0.1, 0.15) is 5.75 Å². The summed E-state index contributed by atoms with van der Waals surface area (Å²) in [6, 6.07) is 23.3. The van der Waals surface area contributed by atoms with E-state index in [1.807, 2.05) is 6.92 Å². The summed E-state index contributed by atoms with van der Waals surface area (Å²) in [5.41, 5.74) is 2.80. The summed E-state index contributed by atoms with van der Waals surface area (Å²) in [4.78, 5) is 0. The Labute approximate surface area is 182 Å². The van der Waals surface area contributed by atoms with Gasteiger partial charge in [0.25, 0.3) is 0 Å². The summed E-state index contributed by atoms with van der Waals surface area (Å²) in [7, 11) is 0. The van der Waals surface area contributed by atoms with Crippen molar-refractivity contribution in [3.8, 4) is 5.75 Å². The summed E-state index contributed by atoms with van der Waals surface area (Å²) in [5, 5.41) is 2.47. The van der Waals surface area contributed by atoms with Crippen LogP contribution >= 0.6 is 0 Å². The molecule has 3 rings (SSSR count). The van der Waals surface area contributed by atoms with E-state index in [0.29, 0.717) is 18.4 Å². The van der Waals surface area contributed by atoms with Gasteiger partial charge in [0.05, 0.1) is 6.61 Å². The molecule has 3 aromatic rings. The summed E-state index contributed by atoms with van der Waals surface area (Å²) in [6.45, 7) is 14.1. The molecule has 2 heteroatoms. The van der Waals surface area contributed by atoms with E-state index >= 15 is 0 Å². The SMILES string of the molecule is CC(C)CC(c1ccc(OC(C)OCc2cccc3ccccc23)cc1)C(C)(C)C. The average molecular weight is 405 g/mol. The highest BCUT2D eigenvalue weighted by molar-refractivity contribution is 5.85. The van der Waals surface area contributed by atoms with Crippen LogP contribution in [-0.4, -0.2) is 6.29 Å². The van der Waals surface area contributed by atoms with Crippen molar-refractivity contribution in [1.29, 1.82) is 0 Å². The van der Waals surface area contributed by atoms with E-state index in [-0.39, 0.29) is 11.7 Å². The van der Waals surface area contributed by atoms with Crippen LogP contribution in [0, 0.1) is 11.3 Å². The second-order valence-corrected chi connectivity index (χ2v) is 9.75. The summed E-state index contributed by atoms with van der Waals surface area (Å²) in [5.74, 6) is 2.06. The van der Waals surface area contributed by atoms with E-state index in [9.17, 15) is 0 Å². The van der Waals surface area contributed by atoms with Crippen LogP contribution in [0.2, 0.25) is 0 Å². The van der Waals surface area contributed by atoms with Gasteiger partial charge in [-0.05, 0) is 64.6 Å². The van der Waals surface area contributed by atoms with Gasteiger partial charge in [0, 0.05) is 0 Å². The Morgan fingerprint density at radius 2 is 1.47 bits per heavy atom. The van der Waals surface area contributed by atoms with Crippen LogP contribution in [0.4, 0.5) is 0 Å². The number of fused-ring (bicyclic) bond motifs is 1. The highest BCUT2D eigenvalue weighted by Crippen LogP contribution is 2.40. The first-order valence-electron chi connectivity index (χ1n) is 11.1. The number of hydrogen-bond acceptors (Lipinski definition) is 2. The molecule has 0 fully saturated rings. The molecule has 3 aromatic carbocycles. The standard InChI is InChI=1S/C28H36O2/c1-20(2)18-27(28(4,5)6)23-14-16-25(17-15-23)30-21(3)29-19-24-12-9-11-22-10-7-8-13-26(22)24/h7-17,20-21,27H,18-19H2,1-6H3. The molecule has 0 N–H and O–H groups in total. The summed E-state index contributed by atoms with van der Waals surface area (Å²) in [6.07, 6.45) is 0.873. The van der Waals surface area contributed by atoms with Gasteiger partial charge in [-0.3, -0.25) is 0 Å². The molecule has 0 aliphatic heterocycles. The molecule has 0 saturated heterocycles. The molecule has 0 aliphatic rings. The summed E-state index contributed by atoms with van der Waals surface area (Å²) >= 11 is 0. The van der Waals surface area contributed by atoms with Gasteiger partial charge in [-0.1, -0.05) is 89.2 Å². The fourth-order valence-electron chi connectivity index (χ4n) is 4.09. The van der Waals surface area contributed by atoms with E-state index in [0.717, 1.165) is 5.75 Å². The summed E-state index contributed by atoms with van der Waals surface area (Å²) < 4.78 is 12.0. The Morgan fingerprint density at radius 3 is 2.13 bits per heavy atom. The second kappa shape index (κ2) is 9.66. The molecule has 0 bridgehead atoms. The van der Waals surface area contributed by atoms with Crippen molar-refractivity contribution in [2.45, 2.75) is 66.8 Å². The molecule has 2 unspecified atom stereocenters. The van der Waals surface area contributed by atoms with Crippen molar-refractivity contribution in [3.63, 3.8) is 0 Å². The minimum Gasteiger partial charge on any atom is -0.465 e. The maximum atomic E-state index is 6.03. The Hall–Kier alpha value is -2.32. The van der Waals surface area contributed by atoms with E-state index in [4.69, 9.17) is 9.47 Å². The van der Waals surface area contributed by atoms with Crippen LogP contribution in [0.25, 0.3) is 10.8 Å². The van der Waals surface area contributed by atoms with Crippen LogP contribution < -0.4 is 4.74 Å². The molecule has 0 radical (unpaired) electrons. The lowest BCUT2D eigenvalue weighted by Crippen LogP contribution is -2.20. The van der Waals surface area contributed by atoms with Crippen molar-refractivity contribution in [2.24, 2.45) is 11.3 Å². The normalized spacial score (nSPS) is 14.1. The highest BCUT2D eigenvalue weighted by atomic mass is 16.7. The zero-order valence-corrected chi connectivity index (χ0v) is 19.3. The Morgan fingerprint density at radius 1 is 0.800 bits per heavy atom. The zero-order chi connectivity index (χ0) is 21.7. The van der Waals surface area contributed by atoms with Gasteiger partial charge in [0.15, 0.2) is 6.29 Å². The first-order valence-corrected chi connectivity index (χ1v) is 11.1. The molecule has 0 amide bonds. The topological polar surface area (TPSA) is 18.5 Å². The third-order valence-corrected chi connectivity index (χ3v) is 5.69. The van der Waals surface area contributed by atoms with Gasteiger partial charge in [0.2, 0.25) is 0 Å². The van der Waals surface area contributed by atoms with Crippen LogP contribution in [-0.2, 0) is 11.3 Å². The van der Waals surface area contributed by atoms with E-state index < -0.39 is 0 Å². The van der Waals surface area contributed by atoms with Gasteiger partial charge >= 0.3 is 0 Å². The highest BCUT2D eigenvalue weighted by Gasteiger charge is 2.26. The Kier molecular flexibility index (Phi) is 7.20. The lowest BCUT2D eigenvalue weighted by atomic mass is 9.72. The van der Waals surface area contributed by atoms with Crippen molar-refractivity contribution < 1.29 is 9.47 Å². The molecule has 0 aliphatic carbocycles. The smallest absolute Gasteiger partial charge is 0.197 e. The van der Waals surface area contributed by atoms with E-state index in [1.54, 1.807) is 0 Å². The van der Waals surface area contributed by atoms with Crippen molar-refractivity contribution in [1.82, 2.24) is 0 Å². The van der Waals surface area contributed by atoms with Gasteiger partial charge in [-0.15, -0.1) is 0 Å². The monoisotopic (exact) mass is 404 g/mol. The molecule has 0 spiro atoms. The molecule has 160 valence electrons. The van der Waals surface area contributed by atoms with Crippen LogP contribution in [0.1, 0.15) is 65.0 Å². The van der Waals surface area contributed by atoms with Gasteiger partial charge < -0.3 is 9.47 Å². The van der Waals surface area contributed by atoms with Crippen molar-refractivity contribution in [3.05, 3.63) is 77.9 Å². The minimum atomic E-state index is -0.316. The predicted octanol–water partition coefficient (Wildman–Crippen LogP) is 7.96. The van der Waals surface area contributed by atoms with Gasteiger partial charge in [-0.25, -0.2) is 0 Å². The largest absolute Gasteiger partial charge is 0.465 e. The van der Waals surface area contributed by atoms with Crippen LogP contribution in [0.15, 0.2) is 66.7 Å². The second-order valence-electron chi connectivity index (χ2n) is 9.75. The minimum absolute atomic E-state index is 0.238. The number of rotatable bonds is 8. The molecule has 0 aromatic heterocycles. The third-order valence-electron chi connectivity index (χ3n) is 5.69. The zero-order valence-electron chi connectivity index (χ0n) is 19.3. The molecule has 2 nitrogen and oxygen atoms in total. The van der Waals surface area contributed by atoms with E-state index in [1.165, 1.54) is 28.3 Å².